The summed E-state index contributed by atoms with van der Waals surface area (Å²) < 4.78 is 14.1. The molecule has 210 valence electrons. The molecule has 8 atom stereocenters. The van der Waals surface area contributed by atoms with Crippen molar-refractivity contribution >= 4 is 11.6 Å². The highest BCUT2D eigenvalue weighted by Gasteiger charge is 2.63. The van der Waals surface area contributed by atoms with Crippen LogP contribution in [-0.4, -0.2) is 17.1 Å². The van der Waals surface area contributed by atoms with Crippen molar-refractivity contribution in [3.05, 3.63) is 41.2 Å². The Bertz CT molecular complexity index is 1130. The third-order valence-electron chi connectivity index (χ3n) is 12.8. The second-order valence-electron chi connectivity index (χ2n) is 14.8. The van der Waals surface area contributed by atoms with Gasteiger partial charge in [0.05, 0.1) is 11.8 Å². The summed E-state index contributed by atoms with van der Waals surface area (Å²) in [5, 5.41) is 13.7. The largest absolute Gasteiger partial charge is 0.393 e. The molecule has 0 spiro atoms. The lowest BCUT2D eigenvalue weighted by molar-refractivity contribution is -0.120. The molecule has 4 aliphatic carbocycles. The zero-order valence-electron chi connectivity index (χ0n) is 24.8. The number of amides is 1. The quantitative estimate of drug-likeness (QED) is 0.380. The smallest absolute Gasteiger partial charge is 0.227 e. The SMILES string of the molecule is CC(C[C@@H](C)[C@H]1CC[C@@]2(C)C3=C(CC[C@]12C)[C@@]1(C)CC[C@H](O)C(C)(C)[C@@H]1CC3)C(=O)Nc1ccccc1F. The van der Waals surface area contributed by atoms with E-state index >= 15 is 0 Å². The van der Waals surface area contributed by atoms with Gasteiger partial charge in [0, 0.05) is 5.92 Å². The molecule has 0 heterocycles. The predicted octanol–water partition coefficient (Wildman–Crippen LogP) is 8.54. The first-order chi connectivity index (χ1) is 17.8. The van der Waals surface area contributed by atoms with E-state index in [-0.39, 0.29) is 51.1 Å². The number of rotatable bonds is 5. The number of aliphatic hydroxyl groups excluding tert-OH is 1. The van der Waals surface area contributed by atoms with Crippen molar-refractivity contribution in [2.45, 2.75) is 112 Å². The summed E-state index contributed by atoms with van der Waals surface area (Å²) in [5.41, 5.74) is 4.42. The van der Waals surface area contributed by atoms with Gasteiger partial charge in [-0.3, -0.25) is 4.79 Å². The number of allylic oxidation sites excluding steroid dienone is 2. The second kappa shape index (κ2) is 9.46. The van der Waals surface area contributed by atoms with Gasteiger partial charge in [-0.15, -0.1) is 0 Å². The second-order valence-corrected chi connectivity index (χ2v) is 14.8. The van der Waals surface area contributed by atoms with Crippen molar-refractivity contribution in [2.75, 3.05) is 5.32 Å². The van der Waals surface area contributed by atoms with Crippen LogP contribution >= 0.6 is 0 Å². The first kappa shape index (κ1) is 27.9. The van der Waals surface area contributed by atoms with Crippen LogP contribution in [0.25, 0.3) is 0 Å². The maximum absolute atomic E-state index is 14.1. The van der Waals surface area contributed by atoms with Crippen molar-refractivity contribution < 1.29 is 14.3 Å². The number of hydrogen-bond donors (Lipinski definition) is 2. The Kier molecular flexibility index (Phi) is 6.94. The molecule has 0 aliphatic heterocycles. The highest BCUT2D eigenvalue weighted by Crippen LogP contribution is 2.72. The Hall–Kier alpha value is -1.68. The van der Waals surface area contributed by atoms with E-state index in [1.54, 1.807) is 29.3 Å². The molecule has 5 rings (SSSR count). The molecule has 4 heteroatoms. The normalized spacial score (nSPS) is 39.6. The van der Waals surface area contributed by atoms with Crippen LogP contribution in [0.2, 0.25) is 0 Å². The molecule has 1 aromatic carbocycles. The van der Waals surface area contributed by atoms with Gasteiger partial charge in [-0.2, -0.15) is 0 Å². The molecule has 0 aromatic heterocycles. The maximum atomic E-state index is 14.1. The van der Waals surface area contributed by atoms with E-state index in [9.17, 15) is 14.3 Å². The highest BCUT2D eigenvalue weighted by molar-refractivity contribution is 5.92. The minimum Gasteiger partial charge on any atom is -0.393 e. The van der Waals surface area contributed by atoms with Gasteiger partial charge < -0.3 is 10.4 Å². The molecule has 0 bridgehead atoms. The van der Waals surface area contributed by atoms with Crippen LogP contribution in [-0.2, 0) is 4.79 Å². The summed E-state index contributed by atoms with van der Waals surface area (Å²) in [5.74, 6) is 0.932. The standard InChI is InChI=1S/C34H50FNO2/c1-21(20-22(2)30(38)36-27-11-9-8-10-26(27)35)23-14-18-34(7)25-12-13-28-31(3,4)29(37)16-17-32(28,5)24(25)15-19-33(23,34)6/h8-11,21-23,28-29,37H,12-20H2,1-7H3,(H,36,38)/t21-,22?,23-,28+,29+,32-,33-,34+/m1/s1. The van der Waals surface area contributed by atoms with Crippen LogP contribution in [0.4, 0.5) is 10.1 Å². The number of carbonyl (C=O) groups excluding carboxylic acids is 1. The van der Waals surface area contributed by atoms with Gasteiger partial charge in [0.1, 0.15) is 5.82 Å². The summed E-state index contributed by atoms with van der Waals surface area (Å²) in [6.45, 7) is 16.6. The van der Waals surface area contributed by atoms with Gasteiger partial charge in [0.25, 0.3) is 0 Å². The van der Waals surface area contributed by atoms with Crippen molar-refractivity contribution in [3.63, 3.8) is 0 Å². The van der Waals surface area contributed by atoms with Gasteiger partial charge in [0.15, 0.2) is 0 Å². The molecule has 2 N–H and O–H groups in total. The van der Waals surface area contributed by atoms with E-state index in [1.165, 1.54) is 44.6 Å². The summed E-state index contributed by atoms with van der Waals surface area (Å²) in [6.07, 6.45) is 9.90. The molecule has 1 aromatic rings. The Morgan fingerprint density at radius 3 is 2.42 bits per heavy atom. The zero-order chi connectivity index (χ0) is 27.7. The summed E-state index contributed by atoms with van der Waals surface area (Å²) in [4.78, 5) is 13.0. The fourth-order valence-electron chi connectivity index (χ4n) is 10.3. The van der Waals surface area contributed by atoms with Crippen molar-refractivity contribution in [2.24, 2.45) is 45.3 Å². The van der Waals surface area contributed by atoms with Gasteiger partial charge in [-0.25, -0.2) is 4.39 Å². The van der Waals surface area contributed by atoms with Crippen molar-refractivity contribution in [1.82, 2.24) is 0 Å². The Labute approximate surface area is 230 Å². The van der Waals surface area contributed by atoms with E-state index in [4.69, 9.17) is 0 Å². The van der Waals surface area contributed by atoms with Gasteiger partial charge in [-0.1, -0.05) is 71.7 Å². The molecule has 1 amide bonds. The molecule has 3 nitrogen and oxygen atoms in total. The number of aliphatic hydroxyl groups is 1. The lowest BCUT2D eigenvalue weighted by atomic mass is 9.43. The Balaban J connectivity index is 1.35. The number of fused-ring (bicyclic) bond motifs is 4. The van der Waals surface area contributed by atoms with E-state index in [2.05, 4.69) is 46.9 Å². The van der Waals surface area contributed by atoms with Crippen molar-refractivity contribution in [1.29, 1.82) is 0 Å². The average molecular weight is 524 g/mol. The summed E-state index contributed by atoms with van der Waals surface area (Å²) in [6, 6.07) is 6.41. The van der Waals surface area contributed by atoms with Crippen LogP contribution in [0.3, 0.4) is 0 Å². The van der Waals surface area contributed by atoms with Crippen LogP contribution in [0.5, 0.6) is 0 Å². The number of hydrogen-bond acceptors (Lipinski definition) is 2. The molecular formula is C34H50FNO2. The van der Waals surface area contributed by atoms with Gasteiger partial charge in [0.2, 0.25) is 5.91 Å². The topological polar surface area (TPSA) is 49.3 Å². The lowest BCUT2D eigenvalue weighted by Gasteiger charge is -2.62. The number of carbonyl (C=O) groups is 1. The maximum Gasteiger partial charge on any atom is 0.227 e. The zero-order valence-corrected chi connectivity index (χ0v) is 24.8. The van der Waals surface area contributed by atoms with Crippen molar-refractivity contribution in [3.8, 4) is 0 Å². The monoisotopic (exact) mass is 523 g/mol. The first-order valence-electron chi connectivity index (χ1n) is 15.2. The number of para-hydroxylation sites is 1. The average Bonchev–Trinajstić information content (AvgIpc) is 3.14. The number of anilines is 1. The molecule has 0 radical (unpaired) electrons. The van der Waals surface area contributed by atoms with Crippen LogP contribution in [0.1, 0.15) is 106 Å². The van der Waals surface area contributed by atoms with Gasteiger partial charge in [-0.05, 0) is 109 Å². The molecule has 4 aliphatic rings. The summed E-state index contributed by atoms with van der Waals surface area (Å²) in [7, 11) is 0. The minimum absolute atomic E-state index is 0.0285. The summed E-state index contributed by atoms with van der Waals surface area (Å²) >= 11 is 0. The fourth-order valence-corrected chi connectivity index (χ4v) is 10.3. The minimum atomic E-state index is -0.384. The van der Waals surface area contributed by atoms with E-state index in [0.717, 1.165) is 19.3 Å². The molecule has 1 unspecified atom stereocenters. The van der Waals surface area contributed by atoms with Crippen LogP contribution in [0, 0.1) is 51.1 Å². The number of nitrogens with one attached hydrogen (secondary N) is 1. The van der Waals surface area contributed by atoms with Gasteiger partial charge >= 0.3 is 0 Å². The molecule has 0 saturated heterocycles. The van der Waals surface area contributed by atoms with E-state index < -0.39 is 0 Å². The third-order valence-corrected chi connectivity index (χ3v) is 12.8. The van der Waals surface area contributed by atoms with Crippen LogP contribution in [0.15, 0.2) is 35.4 Å². The van der Waals surface area contributed by atoms with E-state index in [1.807, 2.05) is 6.92 Å². The Morgan fingerprint density at radius 1 is 1.00 bits per heavy atom. The number of halogens is 1. The lowest BCUT2D eigenvalue weighted by Crippen LogP contribution is -2.55. The van der Waals surface area contributed by atoms with Crippen LogP contribution < -0.4 is 5.32 Å². The molecule has 2 fully saturated rings. The van der Waals surface area contributed by atoms with E-state index in [0.29, 0.717) is 17.8 Å². The predicted molar refractivity (Wildman–Crippen MR) is 153 cm³/mol. The fraction of sp³-hybridized carbons (Fsp3) is 0.735. The first-order valence-corrected chi connectivity index (χ1v) is 15.2. The Morgan fingerprint density at radius 2 is 1.71 bits per heavy atom. The molecular weight excluding hydrogens is 473 g/mol. The molecule has 38 heavy (non-hydrogen) atoms. The highest BCUT2D eigenvalue weighted by atomic mass is 19.1. The molecule has 2 saturated carbocycles. The third kappa shape index (κ3) is 4.02. The number of benzene rings is 1.